The first-order valence-electron chi connectivity index (χ1n) is 7.46. The van der Waals surface area contributed by atoms with Crippen LogP contribution in [0.1, 0.15) is 28.9 Å². The van der Waals surface area contributed by atoms with Crippen LogP contribution in [0.25, 0.3) is 0 Å². The molecule has 1 aliphatic rings. The average Bonchev–Trinajstić information content (AvgIpc) is 3.03. The van der Waals surface area contributed by atoms with Crippen molar-refractivity contribution in [1.29, 1.82) is 0 Å². The monoisotopic (exact) mass is 381 g/mol. The molecule has 25 heavy (non-hydrogen) atoms. The number of sulfone groups is 1. The van der Waals surface area contributed by atoms with Crippen molar-refractivity contribution >= 4 is 27.3 Å². The highest BCUT2D eigenvalue weighted by atomic mass is 35.5. The first-order valence-corrected chi connectivity index (χ1v) is 9.72. The second-order valence-electron chi connectivity index (χ2n) is 5.73. The largest absolute Gasteiger partial charge is 0.454 e. The molecule has 0 spiro atoms. The quantitative estimate of drug-likeness (QED) is 0.880. The molecule has 1 N–H and O–H groups in total. The summed E-state index contributed by atoms with van der Waals surface area (Å²) in [5.41, 5.74) is 1.14. The van der Waals surface area contributed by atoms with E-state index in [0.717, 1.165) is 11.8 Å². The Kier molecular flexibility index (Phi) is 4.62. The number of ether oxygens (including phenoxy) is 2. The number of carbonyl (C=O) groups excluding carboxylic acids is 1. The van der Waals surface area contributed by atoms with E-state index in [-0.39, 0.29) is 23.6 Å². The van der Waals surface area contributed by atoms with E-state index >= 15 is 0 Å². The molecule has 1 aliphatic heterocycles. The molecule has 3 rings (SSSR count). The number of carbonyl (C=O) groups is 1. The zero-order valence-electron chi connectivity index (χ0n) is 13.6. The van der Waals surface area contributed by atoms with Gasteiger partial charge in [0.1, 0.15) is 0 Å². The van der Waals surface area contributed by atoms with Crippen molar-refractivity contribution in [3.05, 3.63) is 52.5 Å². The molecule has 0 fully saturated rings. The zero-order chi connectivity index (χ0) is 18.2. The van der Waals surface area contributed by atoms with Gasteiger partial charge in [0.15, 0.2) is 21.3 Å². The van der Waals surface area contributed by atoms with Crippen LogP contribution in [0.2, 0.25) is 5.02 Å². The zero-order valence-corrected chi connectivity index (χ0v) is 15.1. The predicted molar refractivity (Wildman–Crippen MR) is 93.0 cm³/mol. The molecule has 2 aromatic carbocycles. The fourth-order valence-electron chi connectivity index (χ4n) is 2.47. The molecule has 0 radical (unpaired) electrons. The minimum absolute atomic E-state index is 0.0726. The minimum atomic E-state index is -3.25. The van der Waals surface area contributed by atoms with Gasteiger partial charge in [-0.1, -0.05) is 23.7 Å². The number of fused-ring (bicyclic) bond motifs is 1. The van der Waals surface area contributed by atoms with E-state index < -0.39 is 9.84 Å². The predicted octanol–water partition coefficient (Wildman–Crippen LogP) is 2.96. The van der Waals surface area contributed by atoms with Crippen molar-refractivity contribution in [2.24, 2.45) is 0 Å². The van der Waals surface area contributed by atoms with Gasteiger partial charge in [0, 0.05) is 11.8 Å². The Bertz CT molecular complexity index is 925. The second kappa shape index (κ2) is 6.57. The molecule has 8 heteroatoms. The molecule has 0 aliphatic carbocycles. The van der Waals surface area contributed by atoms with Crippen LogP contribution < -0.4 is 14.8 Å². The van der Waals surface area contributed by atoms with E-state index in [1.165, 1.54) is 18.2 Å². The summed E-state index contributed by atoms with van der Waals surface area (Å²) in [6.07, 6.45) is 1.15. The van der Waals surface area contributed by atoms with E-state index in [2.05, 4.69) is 5.32 Å². The second-order valence-corrected chi connectivity index (χ2v) is 8.15. The third-order valence-corrected chi connectivity index (χ3v) is 5.25. The Morgan fingerprint density at radius 1 is 1.20 bits per heavy atom. The molecule has 1 amide bonds. The third kappa shape index (κ3) is 3.72. The highest BCUT2D eigenvalue weighted by Crippen LogP contribution is 2.39. The lowest BCUT2D eigenvalue weighted by Crippen LogP contribution is -2.26. The molecule has 1 heterocycles. The van der Waals surface area contributed by atoms with E-state index in [9.17, 15) is 13.2 Å². The third-order valence-electron chi connectivity index (χ3n) is 3.85. The summed E-state index contributed by atoms with van der Waals surface area (Å²) in [6, 6.07) is 9.16. The van der Waals surface area contributed by atoms with Crippen molar-refractivity contribution < 1.29 is 22.7 Å². The molecular weight excluding hydrogens is 366 g/mol. The minimum Gasteiger partial charge on any atom is -0.454 e. The number of amides is 1. The number of rotatable bonds is 4. The van der Waals surface area contributed by atoms with E-state index in [1.54, 1.807) is 18.2 Å². The molecule has 0 aromatic heterocycles. The molecule has 1 atom stereocenters. The highest BCUT2D eigenvalue weighted by molar-refractivity contribution is 7.90. The summed E-state index contributed by atoms with van der Waals surface area (Å²) in [5, 5.41) is 3.16. The van der Waals surface area contributed by atoms with Crippen molar-refractivity contribution in [3.8, 4) is 11.5 Å². The standard InChI is InChI=1S/C17H16ClNO5S/c1-10(11-3-5-13(6-4-11)25(2,21)22)19-17(20)12-7-14(18)16-15(8-12)23-9-24-16/h3-8,10H,9H2,1-2H3,(H,19,20)/t10-/m1/s1. The Balaban J connectivity index is 1.76. The summed E-state index contributed by atoms with van der Waals surface area (Å²) < 4.78 is 33.5. The average molecular weight is 382 g/mol. The molecule has 0 saturated carbocycles. The van der Waals surface area contributed by atoms with Crippen molar-refractivity contribution in [2.75, 3.05) is 13.0 Å². The van der Waals surface area contributed by atoms with Crippen LogP contribution in [-0.4, -0.2) is 27.4 Å². The number of nitrogens with one attached hydrogen (secondary N) is 1. The van der Waals surface area contributed by atoms with E-state index in [4.69, 9.17) is 21.1 Å². The Morgan fingerprint density at radius 2 is 1.88 bits per heavy atom. The van der Waals surface area contributed by atoms with Gasteiger partial charge in [0.25, 0.3) is 5.91 Å². The van der Waals surface area contributed by atoms with Crippen molar-refractivity contribution in [3.63, 3.8) is 0 Å². The van der Waals surface area contributed by atoms with Crippen LogP contribution in [0.4, 0.5) is 0 Å². The van der Waals surface area contributed by atoms with Gasteiger partial charge in [0.05, 0.1) is 16.0 Å². The maximum absolute atomic E-state index is 12.4. The van der Waals surface area contributed by atoms with Gasteiger partial charge in [0.2, 0.25) is 6.79 Å². The van der Waals surface area contributed by atoms with Gasteiger partial charge in [-0.2, -0.15) is 0 Å². The number of hydrogen-bond donors (Lipinski definition) is 1. The van der Waals surface area contributed by atoms with Crippen molar-refractivity contribution in [1.82, 2.24) is 5.32 Å². The lowest BCUT2D eigenvalue weighted by molar-refractivity contribution is 0.0939. The summed E-state index contributed by atoms with van der Waals surface area (Å²) in [7, 11) is -3.25. The summed E-state index contributed by atoms with van der Waals surface area (Å²) >= 11 is 6.09. The lowest BCUT2D eigenvalue weighted by atomic mass is 10.1. The fraction of sp³-hybridized carbons (Fsp3) is 0.235. The highest BCUT2D eigenvalue weighted by Gasteiger charge is 2.21. The molecule has 0 saturated heterocycles. The number of benzene rings is 2. The summed E-state index contributed by atoms with van der Waals surface area (Å²) in [6.45, 7) is 1.88. The maximum atomic E-state index is 12.4. The van der Waals surface area contributed by atoms with Crippen LogP contribution in [0, 0.1) is 0 Å². The van der Waals surface area contributed by atoms with Gasteiger partial charge in [-0.05, 0) is 36.8 Å². The molecule has 6 nitrogen and oxygen atoms in total. The molecule has 0 bridgehead atoms. The van der Waals surface area contributed by atoms with Gasteiger partial charge in [-0.3, -0.25) is 4.79 Å². The normalized spacial score (nSPS) is 14.2. The SMILES string of the molecule is C[C@@H](NC(=O)c1cc(Cl)c2c(c1)OCO2)c1ccc(S(C)(=O)=O)cc1. The lowest BCUT2D eigenvalue weighted by Gasteiger charge is -2.15. The van der Waals surface area contributed by atoms with Crippen LogP contribution in [0.5, 0.6) is 11.5 Å². The Morgan fingerprint density at radius 3 is 2.52 bits per heavy atom. The van der Waals surface area contributed by atoms with E-state index in [0.29, 0.717) is 22.1 Å². The molecule has 0 unspecified atom stereocenters. The molecule has 132 valence electrons. The first kappa shape index (κ1) is 17.6. The first-order chi connectivity index (χ1) is 11.8. The number of halogens is 1. The Labute approximate surface area is 150 Å². The fourth-order valence-corrected chi connectivity index (χ4v) is 3.36. The number of hydrogen-bond acceptors (Lipinski definition) is 5. The summed E-state index contributed by atoms with van der Waals surface area (Å²) in [4.78, 5) is 12.7. The maximum Gasteiger partial charge on any atom is 0.251 e. The van der Waals surface area contributed by atoms with Crippen LogP contribution in [0.3, 0.4) is 0 Å². The van der Waals surface area contributed by atoms with Crippen LogP contribution in [-0.2, 0) is 9.84 Å². The van der Waals surface area contributed by atoms with Crippen LogP contribution in [0.15, 0.2) is 41.3 Å². The van der Waals surface area contributed by atoms with E-state index in [1.807, 2.05) is 6.92 Å². The van der Waals surface area contributed by atoms with Crippen LogP contribution >= 0.6 is 11.6 Å². The van der Waals surface area contributed by atoms with Crippen molar-refractivity contribution in [2.45, 2.75) is 17.9 Å². The van der Waals surface area contributed by atoms with Gasteiger partial charge < -0.3 is 14.8 Å². The molecular formula is C17H16ClNO5S. The topological polar surface area (TPSA) is 81.7 Å². The Hall–Kier alpha value is -2.25. The van der Waals surface area contributed by atoms with Gasteiger partial charge >= 0.3 is 0 Å². The molecule has 2 aromatic rings. The van der Waals surface area contributed by atoms with Gasteiger partial charge in [-0.15, -0.1) is 0 Å². The van der Waals surface area contributed by atoms with Gasteiger partial charge in [-0.25, -0.2) is 8.42 Å². The summed E-state index contributed by atoms with van der Waals surface area (Å²) in [5.74, 6) is 0.547. The smallest absolute Gasteiger partial charge is 0.251 e.